The Hall–Kier alpha value is -1.37. The van der Waals surface area contributed by atoms with Crippen LogP contribution in [0.5, 0.6) is 0 Å². The second kappa shape index (κ2) is 6.53. The van der Waals surface area contributed by atoms with Crippen molar-refractivity contribution in [2.45, 2.75) is 19.3 Å². The molecule has 6 nitrogen and oxygen atoms in total. The van der Waals surface area contributed by atoms with Crippen molar-refractivity contribution in [3.8, 4) is 0 Å². The number of nitro benzene ring substituents is 1. The fourth-order valence-electron chi connectivity index (χ4n) is 1.60. The summed E-state index contributed by atoms with van der Waals surface area (Å²) in [6.45, 7) is 1.80. The smallest absolute Gasteiger partial charge is 0.293 e. The van der Waals surface area contributed by atoms with Gasteiger partial charge in [0.05, 0.1) is 11.0 Å². The van der Waals surface area contributed by atoms with Crippen LogP contribution < -0.4 is 5.32 Å². The minimum atomic E-state index is -0.500. The van der Waals surface area contributed by atoms with Crippen molar-refractivity contribution in [3.05, 3.63) is 33.3 Å². The van der Waals surface area contributed by atoms with Gasteiger partial charge in [-0.15, -0.1) is 0 Å². The standard InChI is InChI=1S/C11H15ClN2O4/c1-7(11(17-2)18-3)13-9-5-4-8(12)6-10(9)14(15)16/h4-7,11,13H,1-3H3/t7-/m0/s1. The van der Waals surface area contributed by atoms with Crippen molar-refractivity contribution in [3.63, 3.8) is 0 Å². The first kappa shape index (κ1) is 14.7. The number of rotatable bonds is 6. The number of hydrogen-bond donors (Lipinski definition) is 1. The maximum atomic E-state index is 10.9. The lowest BCUT2D eigenvalue weighted by atomic mass is 10.2. The van der Waals surface area contributed by atoms with Crippen molar-refractivity contribution < 1.29 is 14.4 Å². The van der Waals surface area contributed by atoms with Crippen LogP contribution in [0.1, 0.15) is 6.92 Å². The lowest BCUT2D eigenvalue weighted by molar-refractivity contribution is -0.384. The molecule has 0 bridgehead atoms. The van der Waals surface area contributed by atoms with E-state index >= 15 is 0 Å². The quantitative estimate of drug-likeness (QED) is 0.490. The molecule has 0 aliphatic carbocycles. The Balaban J connectivity index is 2.93. The molecule has 1 rings (SSSR count). The van der Waals surface area contributed by atoms with E-state index in [-0.39, 0.29) is 11.7 Å². The van der Waals surface area contributed by atoms with E-state index in [1.165, 1.54) is 20.3 Å². The molecule has 7 heteroatoms. The van der Waals surface area contributed by atoms with Crippen LogP contribution in [0.15, 0.2) is 18.2 Å². The molecule has 0 saturated carbocycles. The summed E-state index contributed by atoms with van der Waals surface area (Å²) in [7, 11) is 3.01. The summed E-state index contributed by atoms with van der Waals surface area (Å²) in [4.78, 5) is 10.4. The summed E-state index contributed by atoms with van der Waals surface area (Å²) in [5, 5.41) is 14.2. The van der Waals surface area contributed by atoms with Crippen molar-refractivity contribution in [2.24, 2.45) is 0 Å². The predicted molar refractivity (Wildman–Crippen MR) is 69.0 cm³/mol. The molecule has 1 atom stereocenters. The highest BCUT2D eigenvalue weighted by Gasteiger charge is 2.20. The molecule has 1 aromatic carbocycles. The van der Waals surface area contributed by atoms with Gasteiger partial charge in [0.2, 0.25) is 0 Å². The highest BCUT2D eigenvalue weighted by Crippen LogP contribution is 2.28. The van der Waals surface area contributed by atoms with Gasteiger partial charge in [-0.2, -0.15) is 0 Å². The Morgan fingerprint density at radius 1 is 1.39 bits per heavy atom. The molecular formula is C11H15ClN2O4. The predicted octanol–water partition coefficient (Wildman–Crippen LogP) is 2.67. The number of hydrogen-bond acceptors (Lipinski definition) is 5. The minimum absolute atomic E-state index is 0.0830. The molecule has 0 amide bonds. The molecule has 18 heavy (non-hydrogen) atoms. The van der Waals surface area contributed by atoms with Gasteiger partial charge in [-0.25, -0.2) is 0 Å². The molecule has 100 valence electrons. The third-order valence-corrected chi connectivity index (χ3v) is 2.65. The molecule has 0 aliphatic rings. The third-order valence-electron chi connectivity index (χ3n) is 2.41. The van der Waals surface area contributed by atoms with Crippen LogP contribution in [-0.4, -0.2) is 31.5 Å². The summed E-state index contributed by atoms with van der Waals surface area (Å²) in [6, 6.07) is 4.18. The van der Waals surface area contributed by atoms with Gasteiger partial charge in [-0.1, -0.05) is 11.6 Å². The summed E-state index contributed by atoms with van der Waals surface area (Å²) >= 11 is 5.73. The zero-order valence-corrected chi connectivity index (χ0v) is 11.1. The molecule has 0 heterocycles. The molecule has 0 fully saturated rings. The molecule has 0 unspecified atom stereocenters. The zero-order valence-electron chi connectivity index (χ0n) is 10.3. The maximum absolute atomic E-state index is 10.9. The average molecular weight is 275 g/mol. The molecule has 0 aromatic heterocycles. The van der Waals surface area contributed by atoms with Gasteiger partial charge in [0.25, 0.3) is 5.69 Å². The first-order valence-electron chi connectivity index (χ1n) is 5.25. The van der Waals surface area contributed by atoms with Gasteiger partial charge in [0, 0.05) is 25.3 Å². The Morgan fingerprint density at radius 3 is 2.50 bits per heavy atom. The van der Waals surface area contributed by atoms with Crippen molar-refractivity contribution in [2.75, 3.05) is 19.5 Å². The van der Waals surface area contributed by atoms with Crippen LogP contribution in [-0.2, 0) is 9.47 Å². The number of nitrogens with one attached hydrogen (secondary N) is 1. The van der Waals surface area contributed by atoms with Crippen molar-refractivity contribution >= 4 is 23.0 Å². The summed E-state index contributed by atoms with van der Waals surface area (Å²) < 4.78 is 10.2. The zero-order chi connectivity index (χ0) is 13.7. The van der Waals surface area contributed by atoms with Crippen molar-refractivity contribution in [1.82, 2.24) is 0 Å². The van der Waals surface area contributed by atoms with E-state index in [2.05, 4.69) is 5.32 Å². The Bertz CT molecular complexity index is 424. The molecule has 0 saturated heterocycles. The van der Waals surface area contributed by atoms with E-state index < -0.39 is 11.2 Å². The monoisotopic (exact) mass is 274 g/mol. The van der Waals surface area contributed by atoms with Crippen LogP contribution >= 0.6 is 11.6 Å². The van der Waals surface area contributed by atoms with E-state index in [0.29, 0.717) is 10.7 Å². The minimum Gasteiger partial charge on any atom is -0.372 e. The van der Waals surface area contributed by atoms with Crippen LogP contribution in [0.2, 0.25) is 5.02 Å². The summed E-state index contributed by atoms with van der Waals surface area (Å²) in [5.74, 6) is 0. The SMILES string of the molecule is COC(OC)[C@H](C)Nc1ccc(Cl)cc1[N+](=O)[O-]. The molecule has 0 aliphatic heterocycles. The fraction of sp³-hybridized carbons (Fsp3) is 0.455. The summed E-state index contributed by atoms with van der Waals surface area (Å²) in [6.07, 6.45) is -0.500. The van der Waals surface area contributed by atoms with Gasteiger partial charge in [0.1, 0.15) is 5.69 Å². The first-order valence-corrected chi connectivity index (χ1v) is 5.63. The fourth-order valence-corrected chi connectivity index (χ4v) is 1.76. The van der Waals surface area contributed by atoms with E-state index in [9.17, 15) is 10.1 Å². The van der Waals surface area contributed by atoms with E-state index in [0.717, 1.165) is 0 Å². The van der Waals surface area contributed by atoms with Gasteiger partial charge < -0.3 is 14.8 Å². The Kier molecular flexibility index (Phi) is 5.33. The van der Waals surface area contributed by atoms with Crippen molar-refractivity contribution in [1.29, 1.82) is 0 Å². The van der Waals surface area contributed by atoms with E-state index in [1.807, 2.05) is 0 Å². The molecule has 1 aromatic rings. The van der Waals surface area contributed by atoms with Gasteiger partial charge in [-0.05, 0) is 19.1 Å². The van der Waals surface area contributed by atoms with Crippen LogP contribution in [0.3, 0.4) is 0 Å². The third kappa shape index (κ3) is 3.56. The number of anilines is 1. The number of methoxy groups -OCH3 is 2. The largest absolute Gasteiger partial charge is 0.372 e. The molecule has 0 radical (unpaired) electrons. The summed E-state index contributed by atoms with van der Waals surface area (Å²) in [5.41, 5.74) is 0.288. The van der Waals surface area contributed by atoms with Crippen LogP contribution in [0.4, 0.5) is 11.4 Å². The van der Waals surface area contributed by atoms with E-state index in [4.69, 9.17) is 21.1 Å². The topological polar surface area (TPSA) is 73.6 Å². The molecule has 1 N–H and O–H groups in total. The number of ether oxygens (including phenoxy) is 2. The Morgan fingerprint density at radius 2 is 2.00 bits per heavy atom. The van der Waals surface area contributed by atoms with Crippen LogP contribution in [0, 0.1) is 10.1 Å². The number of nitro groups is 1. The lowest BCUT2D eigenvalue weighted by Crippen LogP contribution is -2.33. The van der Waals surface area contributed by atoms with Crippen LogP contribution in [0.25, 0.3) is 0 Å². The first-order chi connectivity index (χ1) is 8.49. The lowest BCUT2D eigenvalue weighted by Gasteiger charge is -2.22. The molecule has 0 spiro atoms. The number of benzene rings is 1. The van der Waals surface area contributed by atoms with Gasteiger partial charge in [-0.3, -0.25) is 10.1 Å². The maximum Gasteiger partial charge on any atom is 0.293 e. The number of nitrogens with zero attached hydrogens (tertiary/aromatic N) is 1. The number of halogens is 1. The highest BCUT2D eigenvalue weighted by atomic mass is 35.5. The second-order valence-electron chi connectivity index (χ2n) is 3.69. The normalized spacial score (nSPS) is 12.5. The Labute approximate surface area is 110 Å². The van der Waals surface area contributed by atoms with E-state index in [1.54, 1.807) is 19.1 Å². The highest BCUT2D eigenvalue weighted by molar-refractivity contribution is 6.30. The van der Waals surface area contributed by atoms with Gasteiger partial charge >= 0.3 is 0 Å². The second-order valence-corrected chi connectivity index (χ2v) is 4.13. The van der Waals surface area contributed by atoms with Gasteiger partial charge in [0.15, 0.2) is 6.29 Å². The molecular weight excluding hydrogens is 260 g/mol. The average Bonchev–Trinajstić information content (AvgIpc) is 2.32.